The summed E-state index contributed by atoms with van der Waals surface area (Å²) >= 11 is 0. The van der Waals surface area contributed by atoms with E-state index in [1.54, 1.807) is 0 Å². The number of piperidine rings is 1. The summed E-state index contributed by atoms with van der Waals surface area (Å²) < 4.78 is 7.55. The number of amides is 3. The van der Waals surface area contributed by atoms with Crippen LogP contribution in [0.2, 0.25) is 0 Å². The topological polar surface area (TPSA) is 92.6 Å². The zero-order chi connectivity index (χ0) is 23.2. The van der Waals surface area contributed by atoms with Crippen LogP contribution in [-0.2, 0) is 16.1 Å². The first-order valence-corrected chi connectivity index (χ1v) is 11.7. The molecule has 3 aliphatic rings. The van der Waals surface area contributed by atoms with Crippen molar-refractivity contribution < 1.29 is 14.3 Å². The third-order valence-corrected chi connectivity index (χ3v) is 6.67. The highest BCUT2D eigenvalue weighted by Crippen LogP contribution is 2.31. The summed E-state index contributed by atoms with van der Waals surface area (Å²) in [4.78, 5) is 28.3. The molecule has 0 spiro atoms. The number of nitrogens with zero attached hydrogens (tertiary/aromatic N) is 5. The molecule has 0 bridgehead atoms. The van der Waals surface area contributed by atoms with Crippen LogP contribution in [0.15, 0.2) is 30.5 Å². The second-order valence-electron chi connectivity index (χ2n) is 10.6. The third-order valence-electron chi connectivity index (χ3n) is 6.67. The molecule has 3 aliphatic heterocycles. The van der Waals surface area contributed by atoms with Crippen LogP contribution in [0, 0.1) is 5.41 Å². The van der Waals surface area contributed by atoms with E-state index in [0.29, 0.717) is 19.0 Å². The molecule has 0 radical (unpaired) electrons. The molecule has 3 saturated heterocycles. The maximum absolute atomic E-state index is 13.0. The SMILES string of the molecule is CC(C)(C)Cn1nncc1-c1ccc(C2CN(C(=O)N3CC[C@@H]4OCC(=O)NC4C3)C2)cc1. The lowest BCUT2D eigenvalue weighted by Crippen LogP contribution is -2.63. The Hall–Kier alpha value is -2.94. The van der Waals surface area contributed by atoms with Crippen LogP contribution in [0.1, 0.15) is 38.7 Å². The lowest BCUT2D eigenvalue weighted by Gasteiger charge is -2.46. The predicted molar refractivity (Wildman–Crippen MR) is 122 cm³/mol. The van der Waals surface area contributed by atoms with Crippen molar-refractivity contribution in [1.82, 2.24) is 30.1 Å². The number of hydrogen-bond acceptors (Lipinski definition) is 5. The van der Waals surface area contributed by atoms with Crippen molar-refractivity contribution >= 4 is 11.9 Å². The molecular weight excluding hydrogens is 420 g/mol. The number of aromatic nitrogens is 3. The highest BCUT2D eigenvalue weighted by molar-refractivity contribution is 5.79. The molecule has 9 nitrogen and oxygen atoms in total. The minimum atomic E-state index is -0.102. The summed E-state index contributed by atoms with van der Waals surface area (Å²) in [6, 6.07) is 8.49. The number of rotatable bonds is 3. The number of urea groups is 1. The van der Waals surface area contributed by atoms with Crippen LogP contribution in [-0.4, -0.2) is 81.7 Å². The summed E-state index contributed by atoms with van der Waals surface area (Å²) in [5.74, 6) is 0.242. The first-order valence-electron chi connectivity index (χ1n) is 11.7. The van der Waals surface area contributed by atoms with Gasteiger partial charge in [-0.05, 0) is 17.4 Å². The van der Waals surface area contributed by atoms with Gasteiger partial charge in [-0.1, -0.05) is 50.3 Å². The van der Waals surface area contributed by atoms with Crippen molar-refractivity contribution in [2.45, 2.75) is 51.8 Å². The second kappa shape index (κ2) is 8.44. The van der Waals surface area contributed by atoms with E-state index in [1.165, 1.54) is 5.56 Å². The Labute approximate surface area is 194 Å². The van der Waals surface area contributed by atoms with Crippen molar-refractivity contribution in [2.24, 2.45) is 5.41 Å². The number of morpholine rings is 1. The third kappa shape index (κ3) is 4.59. The molecule has 0 saturated carbocycles. The van der Waals surface area contributed by atoms with Crippen molar-refractivity contribution in [3.8, 4) is 11.3 Å². The molecule has 9 heteroatoms. The van der Waals surface area contributed by atoms with Gasteiger partial charge in [-0.3, -0.25) is 4.79 Å². The van der Waals surface area contributed by atoms with E-state index in [-0.39, 0.29) is 36.1 Å². The number of fused-ring (bicyclic) bond motifs is 1. The van der Waals surface area contributed by atoms with Gasteiger partial charge in [0.15, 0.2) is 0 Å². The standard InChI is InChI=1S/C24H32N6O3/c1-24(2,3)15-30-20(10-25-27-30)17-6-4-16(5-7-17)18-11-29(12-18)23(32)28-9-8-21-19(13-28)26-22(31)14-33-21/h4-7,10,18-19,21H,8-9,11-15H2,1-3H3,(H,26,31)/t19?,21-/m0/s1. The lowest BCUT2D eigenvalue weighted by molar-refractivity contribution is -0.139. The van der Waals surface area contributed by atoms with Gasteiger partial charge < -0.3 is 19.9 Å². The van der Waals surface area contributed by atoms with E-state index in [2.05, 4.69) is 60.7 Å². The zero-order valence-corrected chi connectivity index (χ0v) is 19.5. The van der Waals surface area contributed by atoms with E-state index < -0.39 is 0 Å². The molecule has 1 unspecified atom stereocenters. The Morgan fingerprint density at radius 2 is 1.91 bits per heavy atom. The molecule has 1 N–H and O–H groups in total. The lowest BCUT2D eigenvalue weighted by atomic mass is 9.90. The summed E-state index contributed by atoms with van der Waals surface area (Å²) in [5, 5.41) is 11.3. The summed E-state index contributed by atoms with van der Waals surface area (Å²) in [6.45, 7) is 10.1. The summed E-state index contributed by atoms with van der Waals surface area (Å²) in [5.41, 5.74) is 3.48. The molecule has 1 aromatic heterocycles. The molecule has 0 aliphatic carbocycles. The maximum Gasteiger partial charge on any atom is 0.320 e. The molecule has 3 fully saturated rings. The number of likely N-dealkylation sites (tertiary alicyclic amines) is 2. The number of nitrogens with one attached hydrogen (secondary N) is 1. The maximum atomic E-state index is 13.0. The smallest absolute Gasteiger partial charge is 0.320 e. The molecule has 1 aromatic carbocycles. The van der Waals surface area contributed by atoms with Gasteiger partial charge in [0, 0.05) is 44.2 Å². The minimum absolute atomic E-state index is 0.0179. The zero-order valence-electron chi connectivity index (χ0n) is 19.5. The molecule has 4 heterocycles. The van der Waals surface area contributed by atoms with Gasteiger partial charge in [0.25, 0.3) is 0 Å². The predicted octanol–water partition coefficient (Wildman–Crippen LogP) is 2.10. The molecule has 3 amide bonds. The van der Waals surface area contributed by atoms with Gasteiger partial charge in [-0.2, -0.15) is 0 Å². The van der Waals surface area contributed by atoms with E-state index in [9.17, 15) is 9.59 Å². The number of carbonyl (C=O) groups excluding carboxylic acids is 2. The van der Waals surface area contributed by atoms with E-state index in [1.807, 2.05) is 20.7 Å². The van der Waals surface area contributed by atoms with Gasteiger partial charge in [0.1, 0.15) is 6.61 Å². The van der Waals surface area contributed by atoms with E-state index in [0.717, 1.165) is 37.3 Å². The molecule has 33 heavy (non-hydrogen) atoms. The Morgan fingerprint density at radius 1 is 1.15 bits per heavy atom. The average Bonchev–Trinajstić information content (AvgIpc) is 3.19. The molecule has 176 valence electrons. The van der Waals surface area contributed by atoms with Crippen LogP contribution in [0.4, 0.5) is 4.79 Å². The van der Waals surface area contributed by atoms with Gasteiger partial charge in [0.2, 0.25) is 5.91 Å². The Kier molecular flexibility index (Phi) is 5.60. The summed E-state index contributed by atoms with van der Waals surface area (Å²) in [7, 11) is 0. The van der Waals surface area contributed by atoms with Crippen LogP contribution in [0.25, 0.3) is 11.3 Å². The van der Waals surface area contributed by atoms with Crippen molar-refractivity contribution in [1.29, 1.82) is 0 Å². The normalized spacial score (nSPS) is 23.7. The van der Waals surface area contributed by atoms with Crippen LogP contribution in [0.5, 0.6) is 0 Å². The van der Waals surface area contributed by atoms with Crippen molar-refractivity contribution in [2.75, 3.05) is 32.8 Å². The molecule has 5 rings (SSSR count). The first-order chi connectivity index (χ1) is 15.8. The van der Waals surface area contributed by atoms with Gasteiger partial charge in [-0.15, -0.1) is 5.10 Å². The Bertz CT molecular complexity index is 1020. The van der Waals surface area contributed by atoms with Crippen LogP contribution < -0.4 is 5.32 Å². The quantitative estimate of drug-likeness (QED) is 0.770. The molecule has 2 atom stereocenters. The van der Waals surface area contributed by atoms with Gasteiger partial charge in [0.05, 0.1) is 24.0 Å². The average molecular weight is 453 g/mol. The molecular formula is C24H32N6O3. The summed E-state index contributed by atoms with van der Waals surface area (Å²) in [6.07, 6.45) is 2.59. The highest BCUT2D eigenvalue weighted by Gasteiger charge is 2.40. The highest BCUT2D eigenvalue weighted by atomic mass is 16.5. The monoisotopic (exact) mass is 452 g/mol. The van der Waals surface area contributed by atoms with Gasteiger partial charge in [-0.25, -0.2) is 9.48 Å². The molecule has 2 aromatic rings. The minimum Gasteiger partial charge on any atom is -0.366 e. The number of ether oxygens (including phenoxy) is 1. The van der Waals surface area contributed by atoms with Gasteiger partial charge >= 0.3 is 6.03 Å². The number of hydrogen-bond donors (Lipinski definition) is 1. The Morgan fingerprint density at radius 3 is 2.64 bits per heavy atom. The van der Waals surface area contributed by atoms with E-state index >= 15 is 0 Å². The first kappa shape index (κ1) is 21.9. The van der Waals surface area contributed by atoms with Crippen LogP contribution in [0.3, 0.4) is 0 Å². The van der Waals surface area contributed by atoms with Crippen molar-refractivity contribution in [3.05, 3.63) is 36.0 Å². The number of carbonyl (C=O) groups is 2. The number of benzene rings is 1. The second-order valence-corrected chi connectivity index (χ2v) is 10.6. The fourth-order valence-electron chi connectivity index (χ4n) is 4.89. The van der Waals surface area contributed by atoms with E-state index in [4.69, 9.17) is 4.74 Å². The van der Waals surface area contributed by atoms with Crippen molar-refractivity contribution in [3.63, 3.8) is 0 Å². The fraction of sp³-hybridized carbons (Fsp3) is 0.583. The fourth-order valence-corrected chi connectivity index (χ4v) is 4.89. The Balaban J connectivity index is 1.17. The largest absolute Gasteiger partial charge is 0.366 e. The van der Waals surface area contributed by atoms with Crippen LogP contribution >= 0.6 is 0 Å².